The van der Waals surface area contributed by atoms with Crippen LogP contribution in [0.2, 0.25) is 0 Å². The van der Waals surface area contributed by atoms with Crippen LogP contribution < -0.4 is 5.73 Å². The predicted molar refractivity (Wildman–Crippen MR) is 62.9 cm³/mol. The van der Waals surface area contributed by atoms with Crippen LogP contribution in [0.3, 0.4) is 0 Å². The van der Waals surface area contributed by atoms with Crippen molar-refractivity contribution in [3.63, 3.8) is 0 Å². The van der Waals surface area contributed by atoms with E-state index in [-0.39, 0.29) is 5.78 Å². The van der Waals surface area contributed by atoms with Crippen LogP contribution in [0.25, 0.3) is 0 Å². The fraction of sp³-hybridized carbons (Fsp3) is 0.462. The summed E-state index contributed by atoms with van der Waals surface area (Å²) in [6.45, 7) is 4.75. The maximum Gasteiger partial charge on any atom is 0.137 e. The van der Waals surface area contributed by atoms with Gasteiger partial charge in [-0.15, -0.1) is 0 Å². The molecule has 0 unspecified atom stereocenters. The molecule has 2 nitrogen and oxygen atoms in total. The van der Waals surface area contributed by atoms with E-state index in [4.69, 9.17) is 5.73 Å². The number of nitrogens with two attached hydrogens (primary N) is 1. The number of hydrogen-bond donors (Lipinski definition) is 1. The Morgan fingerprint density at radius 3 is 2.60 bits per heavy atom. The van der Waals surface area contributed by atoms with Gasteiger partial charge in [0.1, 0.15) is 5.78 Å². The lowest BCUT2D eigenvalue weighted by atomic mass is 10.0. The van der Waals surface area contributed by atoms with Crippen molar-refractivity contribution in [3.8, 4) is 0 Å². The molecule has 0 fully saturated rings. The molecule has 2 N–H and O–H groups in total. The summed E-state index contributed by atoms with van der Waals surface area (Å²) in [6, 6.07) is 6.19. The number of rotatable bonds is 5. The van der Waals surface area contributed by atoms with Gasteiger partial charge in [0, 0.05) is 12.8 Å². The minimum absolute atomic E-state index is 0.281. The van der Waals surface area contributed by atoms with Gasteiger partial charge < -0.3 is 5.73 Å². The molecule has 2 heteroatoms. The van der Waals surface area contributed by atoms with Crippen molar-refractivity contribution in [1.29, 1.82) is 0 Å². The van der Waals surface area contributed by atoms with E-state index in [9.17, 15) is 4.79 Å². The van der Waals surface area contributed by atoms with Crippen molar-refractivity contribution in [1.82, 2.24) is 0 Å². The summed E-state index contributed by atoms with van der Waals surface area (Å²) in [5.74, 6) is 0.281. The summed E-state index contributed by atoms with van der Waals surface area (Å²) in [7, 11) is 0. The average molecular weight is 205 g/mol. The van der Waals surface area contributed by atoms with Crippen LogP contribution in [0, 0.1) is 13.8 Å². The molecule has 1 aromatic carbocycles. The van der Waals surface area contributed by atoms with E-state index >= 15 is 0 Å². The van der Waals surface area contributed by atoms with Crippen LogP contribution in [-0.2, 0) is 11.2 Å². The molecule has 0 aliphatic rings. The van der Waals surface area contributed by atoms with Crippen LogP contribution in [0.5, 0.6) is 0 Å². The smallest absolute Gasteiger partial charge is 0.137 e. The van der Waals surface area contributed by atoms with E-state index in [1.807, 2.05) is 6.07 Å². The number of aryl methyl sites for hydroxylation is 2. The van der Waals surface area contributed by atoms with Crippen molar-refractivity contribution in [2.45, 2.75) is 33.1 Å². The molecule has 0 heterocycles. The van der Waals surface area contributed by atoms with Crippen LogP contribution in [-0.4, -0.2) is 12.3 Å². The molecule has 15 heavy (non-hydrogen) atoms. The van der Waals surface area contributed by atoms with E-state index in [2.05, 4.69) is 26.0 Å². The quantitative estimate of drug-likeness (QED) is 0.800. The van der Waals surface area contributed by atoms with Gasteiger partial charge in [-0.05, 0) is 43.5 Å². The first kappa shape index (κ1) is 11.9. The average Bonchev–Trinajstić information content (AvgIpc) is 2.20. The number of carbonyl (C=O) groups is 1. The van der Waals surface area contributed by atoms with E-state index in [1.165, 1.54) is 11.1 Å². The van der Waals surface area contributed by atoms with E-state index in [1.54, 1.807) is 0 Å². The third kappa shape index (κ3) is 3.84. The molecule has 0 amide bonds. The molecule has 1 aromatic rings. The van der Waals surface area contributed by atoms with Crippen molar-refractivity contribution in [2.24, 2.45) is 5.73 Å². The first-order valence-electron chi connectivity index (χ1n) is 5.41. The fourth-order valence-corrected chi connectivity index (χ4v) is 1.53. The maximum atomic E-state index is 11.5. The molecule has 0 spiro atoms. The van der Waals surface area contributed by atoms with Gasteiger partial charge in [0.15, 0.2) is 0 Å². The minimum atomic E-state index is 0.281. The Kier molecular flexibility index (Phi) is 4.50. The SMILES string of the molecule is Cc1ccc(CC(=O)CCCN)cc1C. The topological polar surface area (TPSA) is 43.1 Å². The van der Waals surface area contributed by atoms with Gasteiger partial charge in [-0.1, -0.05) is 18.2 Å². The molecule has 0 atom stereocenters. The van der Waals surface area contributed by atoms with Crippen LogP contribution in [0.1, 0.15) is 29.5 Å². The maximum absolute atomic E-state index is 11.5. The minimum Gasteiger partial charge on any atom is -0.330 e. The van der Waals surface area contributed by atoms with Crippen molar-refractivity contribution >= 4 is 5.78 Å². The van der Waals surface area contributed by atoms with E-state index < -0.39 is 0 Å². The number of hydrogen-bond acceptors (Lipinski definition) is 2. The van der Waals surface area contributed by atoms with Crippen LogP contribution in [0.4, 0.5) is 0 Å². The van der Waals surface area contributed by atoms with Gasteiger partial charge >= 0.3 is 0 Å². The Morgan fingerprint density at radius 2 is 2.00 bits per heavy atom. The van der Waals surface area contributed by atoms with Gasteiger partial charge in [0.25, 0.3) is 0 Å². The molecule has 82 valence electrons. The molecule has 0 radical (unpaired) electrons. The lowest BCUT2D eigenvalue weighted by Crippen LogP contribution is -2.07. The highest BCUT2D eigenvalue weighted by atomic mass is 16.1. The summed E-state index contributed by atoms with van der Waals surface area (Å²) >= 11 is 0. The Bertz CT molecular complexity index is 344. The second kappa shape index (κ2) is 5.66. The molecule has 0 aliphatic carbocycles. The second-order valence-corrected chi connectivity index (χ2v) is 4.03. The first-order valence-corrected chi connectivity index (χ1v) is 5.41. The monoisotopic (exact) mass is 205 g/mol. The third-order valence-corrected chi connectivity index (χ3v) is 2.63. The summed E-state index contributed by atoms with van der Waals surface area (Å²) in [4.78, 5) is 11.5. The second-order valence-electron chi connectivity index (χ2n) is 4.03. The lowest BCUT2D eigenvalue weighted by Gasteiger charge is -2.04. The summed E-state index contributed by atoms with van der Waals surface area (Å²) in [6.07, 6.45) is 1.94. The molecular formula is C13H19NO. The van der Waals surface area contributed by atoms with Crippen LogP contribution in [0.15, 0.2) is 18.2 Å². The highest BCUT2D eigenvalue weighted by molar-refractivity contribution is 5.80. The van der Waals surface area contributed by atoms with Crippen molar-refractivity contribution < 1.29 is 4.79 Å². The van der Waals surface area contributed by atoms with Gasteiger partial charge in [0.2, 0.25) is 0 Å². The number of Topliss-reactive ketones (excluding diaryl/α,β-unsaturated/α-hetero) is 1. The molecule has 0 saturated carbocycles. The normalized spacial score (nSPS) is 10.3. The standard InChI is InChI=1S/C13H19NO/c1-10-5-6-12(8-11(10)2)9-13(15)4-3-7-14/h5-6,8H,3-4,7,9,14H2,1-2H3. The van der Waals surface area contributed by atoms with Crippen LogP contribution >= 0.6 is 0 Å². The Labute approximate surface area is 91.5 Å². The van der Waals surface area contributed by atoms with Crippen molar-refractivity contribution in [3.05, 3.63) is 34.9 Å². The first-order chi connectivity index (χ1) is 7.13. The predicted octanol–water partition coefficient (Wildman–Crippen LogP) is 2.15. The van der Waals surface area contributed by atoms with Gasteiger partial charge in [-0.3, -0.25) is 4.79 Å². The van der Waals surface area contributed by atoms with E-state index in [0.717, 1.165) is 12.0 Å². The summed E-state index contributed by atoms with van der Waals surface area (Å²) in [5.41, 5.74) is 8.99. The van der Waals surface area contributed by atoms with Crippen molar-refractivity contribution in [2.75, 3.05) is 6.54 Å². The number of benzene rings is 1. The molecule has 0 saturated heterocycles. The molecule has 0 aliphatic heterocycles. The molecular weight excluding hydrogens is 186 g/mol. The third-order valence-electron chi connectivity index (χ3n) is 2.63. The zero-order chi connectivity index (χ0) is 11.3. The zero-order valence-corrected chi connectivity index (χ0v) is 9.55. The Hall–Kier alpha value is -1.15. The largest absolute Gasteiger partial charge is 0.330 e. The number of carbonyl (C=O) groups excluding carboxylic acids is 1. The Balaban J connectivity index is 2.57. The zero-order valence-electron chi connectivity index (χ0n) is 9.55. The summed E-state index contributed by atoms with van der Waals surface area (Å²) in [5, 5.41) is 0. The van der Waals surface area contributed by atoms with Gasteiger partial charge in [-0.25, -0.2) is 0 Å². The Morgan fingerprint density at radius 1 is 1.27 bits per heavy atom. The lowest BCUT2D eigenvalue weighted by molar-refractivity contribution is -0.118. The molecule has 1 rings (SSSR count). The summed E-state index contributed by atoms with van der Waals surface area (Å²) < 4.78 is 0. The van der Waals surface area contributed by atoms with E-state index in [0.29, 0.717) is 19.4 Å². The van der Waals surface area contributed by atoms with Gasteiger partial charge in [0.05, 0.1) is 0 Å². The number of ketones is 1. The highest BCUT2D eigenvalue weighted by Gasteiger charge is 2.03. The fourth-order valence-electron chi connectivity index (χ4n) is 1.53. The van der Waals surface area contributed by atoms with Gasteiger partial charge in [-0.2, -0.15) is 0 Å². The molecule has 0 aromatic heterocycles. The molecule has 0 bridgehead atoms. The highest BCUT2D eigenvalue weighted by Crippen LogP contribution is 2.11.